The molecule has 0 heterocycles. The lowest BCUT2D eigenvalue weighted by atomic mass is 10.2. The van der Waals surface area contributed by atoms with Gasteiger partial charge in [-0.25, -0.2) is 4.79 Å². The van der Waals surface area contributed by atoms with Crippen molar-refractivity contribution in [2.24, 2.45) is 0 Å². The van der Waals surface area contributed by atoms with Crippen LogP contribution in [0.2, 0.25) is 0 Å². The Morgan fingerprint density at radius 2 is 2.27 bits per heavy atom. The van der Waals surface area contributed by atoms with Gasteiger partial charge in [-0.1, -0.05) is 0 Å². The molecule has 1 amide bonds. The Kier molecular flexibility index (Phi) is 3.75. The SMILES string of the molecule is C#CC[C@@H](NC(C)=O)C(=O)O. The molecule has 0 unspecified atom stereocenters. The van der Waals surface area contributed by atoms with E-state index in [0.717, 1.165) is 0 Å². The van der Waals surface area contributed by atoms with E-state index in [0.29, 0.717) is 0 Å². The second kappa shape index (κ2) is 4.34. The van der Waals surface area contributed by atoms with E-state index in [-0.39, 0.29) is 6.42 Å². The van der Waals surface area contributed by atoms with Crippen LogP contribution in [0.25, 0.3) is 0 Å². The molecule has 0 saturated carbocycles. The zero-order chi connectivity index (χ0) is 8.85. The Balaban J connectivity index is 4.02. The van der Waals surface area contributed by atoms with Gasteiger partial charge in [0, 0.05) is 13.3 Å². The molecule has 1 atom stereocenters. The summed E-state index contributed by atoms with van der Waals surface area (Å²) in [7, 11) is 0. The van der Waals surface area contributed by atoms with Gasteiger partial charge >= 0.3 is 5.97 Å². The van der Waals surface area contributed by atoms with Crippen molar-refractivity contribution < 1.29 is 14.7 Å². The van der Waals surface area contributed by atoms with Gasteiger partial charge in [-0.05, 0) is 0 Å². The molecule has 2 N–H and O–H groups in total. The zero-order valence-electron chi connectivity index (χ0n) is 6.13. The number of amides is 1. The lowest BCUT2D eigenvalue weighted by Gasteiger charge is -2.08. The number of hydrogen-bond donors (Lipinski definition) is 2. The Bertz CT molecular complexity index is 204. The van der Waals surface area contributed by atoms with Crippen molar-refractivity contribution in [3.05, 3.63) is 0 Å². The number of carbonyl (C=O) groups excluding carboxylic acids is 1. The molecular formula is C7H9NO3. The van der Waals surface area contributed by atoms with E-state index in [4.69, 9.17) is 11.5 Å². The third-order valence-electron chi connectivity index (χ3n) is 0.998. The van der Waals surface area contributed by atoms with Crippen LogP contribution in [0.1, 0.15) is 13.3 Å². The Labute approximate surface area is 64.6 Å². The molecule has 0 aliphatic heterocycles. The summed E-state index contributed by atoms with van der Waals surface area (Å²) in [6, 6.07) is -0.961. The average molecular weight is 155 g/mol. The number of carboxylic acids is 1. The van der Waals surface area contributed by atoms with E-state index in [9.17, 15) is 9.59 Å². The molecule has 0 rings (SSSR count). The van der Waals surface area contributed by atoms with Crippen LogP contribution in [0, 0.1) is 12.3 Å². The largest absolute Gasteiger partial charge is 0.480 e. The Hall–Kier alpha value is -1.50. The minimum absolute atomic E-state index is 0.00884. The third kappa shape index (κ3) is 3.98. The number of nitrogens with one attached hydrogen (secondary N) is 1. The average Bonchev–Trinajstić information content (AvgIpc) is 1.86. The number of carbonyl (C=O) groups is 2. The van der Waals surface area contributed by atoms with Gasteiger partial charge in [0.25, 0.3) is 0 Å². The number of terminal acetylenes is 1. The maximum Gasteiger partial charge on any atom is 0.327 e. The van der Waals surface area contributed by atoms with Gasteiger partial charge in [-0.3, -0.25) is 4.79 Å². The molecule has 0 bridgehead atoms. The van der Waals surface area contributed by atoms with Crippen LogP contribution in [0.4, 0.5) is 0 Å². The van der Waals surface area contributed by atoms with Crippen LogP contribution in [0.5, 0.6) is 0 Å². The lowest BCUT2D eigenvalue weighted by molar-refractivity contribution is -0.141. The monoisotopic (exact) mass is 155 g/mol. The molecule has 0 aromatic rings. The molecule has 4 nitrogen and oxygen atoms in total. The highest BCUT2D eigenvalue weighted by atomic mass is 16.4. The fourth-order valence-corrected chi connectivity index (χ4v) is 0.563. The van der Waals surface area contributed by atoms with E-state index in [1.807, 2.05) is 0 Å². The van der Waals surface area contributed by atoms with Crippen molar-refractivity contribution in [2.45, 2.75) is 19.4 Å². The molecule has 0 aliphatic rings. The topological polar surface area (TPSA) is 66.4 Å². The number of aliphatic carboxylic acids is 1. The van der Waals surface area contributed by atoms with Gasteiger partial charge in [0.2, 0.25) is 5.91 Å². The smallest absolute Gasteiger partial charge is 0.327 e. The minimum atomic E-state index is -1.11. The van der Waals surface area contributed by atoms with Crippen molar-refractivity contribution in [2.75, 3.05) is 0 Å². The second-order valence-corrected chi connectivity index (χ2v) is 2.00. The van der Waals surface area contributed by atoms with Crippen LogP contribution in [0.3, 0.4) is 0 Å². The molecule has 11 heavy (non-hydrogen) atoms. The summed E-state index contributed by atoms with van der Waals surface area (Å²) in [5.41, 5.74) is 0. The zero-order valence-corrected chi connectivity index (χ0v) is 6.13. The summed E-state index contributed by atoms with van der Waals surface area (Å²) in [4.78, 5) is 20.7. The van der Waals surface area contributed by atoms with Gasteiger partial charge < -0.3 is 10.4 Å². The summed E-state index contributed by atoms with van der Waals surface area (Å²) in [6.07, 6.45) is 4.89. The molecule has 0 spiro atoms. The normalized spacial score (nSPS) is 11.3. The fourth-order valence-electron chi connectivity index (χ4n) is 0.563. The number of carboxylic acid groups (broad SMARTS) is 1. The standard InChI is InChI=1S/C7H9NO3/c1-3-4-6(7(10)11)8-5(2)9/h1,6H,4H2,2H3,(H,8,9)(H,10,11)/t6-/m1/s1. The van der Waals surface area contributed by atoms with E-state index in [1.54, 1.807) is 0 Å². The van der Waals surface area contributed by atoms with Crippen LogP contribution in [-0.4, -0.2) is 23.0 Å². The van der Waals surface area contributed by atoms with Gasteiger partial charge in [0.1, 0.15) is 6.04 Å². The van der Waals surface area contributed by atoms with Crippen molar-refractivity contribution in [1.82, 2.24) is 5.32 Å². The van der Waals surface area contributed by atoms with Crippen LogP contribution in [-0.2, 0) is 9.59 Å². The molecule has 0 saturated heterocycles. The van der Waals surface area contributed by atoms with Gasteiger partial charge in [0.15, 0.2) is 0 Å². The van der Waals surface area contributed by atoms with Crippen molar-refractivity contribution >= 4 is 11.9 Å². The first-order valence-electron chi connectivity index (χ1n) is 3.01. The molecule has 0 aromatic heterocycles. The summed E-state index contributed by atoms with van der Waals surface area (Å²) >= 11 is 0. The summed E-state index contributed by atoms with van der Waals surface area (Å²) < 4.78 is 0. The summed E-state index contributed by atoms with van der Waals surface area (Å²) in [6.45, 7) is 1.24. The summed E-state index contributed by atoms with van der Waals surface area (Å²) in [5, 5.41) is 10.6. The molecule has 0 radical (unpaired) electrons. The predicted molar refractivity (Wildman–Crippen MR) is 38.7 cm³/mol. The molecule has 4 heteroatoms. The fraction of sp³-hybridized carbons (Fsp3) is 0.429. The first kappa shape index (κ1) is 9.50. The molecule has 0 aliphatic carbocycles. The summed E-state index contributed by atoms with van der Waals surface area (Å²) in [5.74, 6) is 0.650. The Morgan fingerprint density at radius 3 is 2.55 bits per heavy atom. The maximum atomic E-state index is 10.4. The van der Waals surface area contributed by atoms with Gasteiger partial charge in [-0.2, -0.15) is 0 Å². The quantitative estimate of drug-likeness (QED) is 0.545. The van der Waals surface area contributed by atoms with Gasteiger partial charge in [0.05, 0.1) is 0 Å². The first-order chi connectivity index (χ1) is 5.07. The second-order valence-electron chi connectivity index (χ2n) is 2.00. The highest BCUT2D eigenvalue weighted by molar-refractivity contribution is 5.82. The van der Waals surface area contributed by atoms with Crippen molar-refractivity contribution in [1.29, 1.82) is 0 Å². The van der Waals surface area contributed by atoms with Gasteiger partial charge in [-0.15, -0.1) is 12.3 Å². The van der Waals surface area contributed by atoms with Crippen LogP contribution < -0.4 is 5.32 Å². The van der Waals surface area contributed by atoms with E-state index >= 15 is 0 Å². The number of hydrogen-bond acceptors (Lipinski definition) is 2. The minimum Gasteiger partial charge on any atom is -0.480 e. The molecule has 60 valence electrons. The van der Waals surface area contributed by atoms with Crippen LogP contribution in [0.15, 0.2) is 0 Å². The molecule has 0 aromatic carbocycles. The first-order valence-corrected chi connectivity index (χ1v) is 3.01. The third-order valence-corrected chi connectivity index (χ3v) is 0.998. The predicted octanol–water partition coefficient (Wildman–Crippen LogP) is -0.401. The van der Waals surface area contributed by atoms with E-state index in [1.165, 1.54) is 6.92 Å². The number of rotatable bonds is 3. The lowest BCUT2D eigenvalue weighted by Crippen LogP contribution is -2.39. The van der Waals surface area contributed by atoms with Crippen molar-refractivity contribution in [3.8, 4) is 12.3 Å². The molecule has 0 fully saturated rings. The molecular weight excluding hydrogens is 146 g/mol. The van der Waals surface area contributed by atoms with Crippen LogP contribution >= 0.6 is 0 Å². The highest BCUT2D eigenvalue weighted by Crippen LogP contribution is 1.89. The van der Waals surface area contributed by atoms with Crippen molar-refractivity contribution in [3.63, 3.8) is 0 Å². The maximum absolute atomic E-state index is 10.4. The van der Waals surface area contributed by atoms with E-state index in [2.05, 4.69) is 11.2 Å². The van der Waals surface area contributed by atoms with E-state index < -0.39 is 17.9 Å². The Morgan fingerprint density at radius 1 is 1.73 bits per heavy atom. The highest BCUT2D eigenvalue weighted by Gasteiger charge is 2.15.